The highest BCUT2D eigenvalue weighted by molar-refractivity contribution is 6.36. The van der Waals surface area contributed by atoms with Crippen LogP contribution in [0.5, 0.6) is 0 Å². The highest BCUT2D eigenvalue weighted by Crippen LogP contribution is 2.43. The highest BCUT2D eigenvalue weighted by Gasteiger charge is 2.26. The van der Waals surface area contributed by atoms with Gasteiger partial charge >= 0.3 is 0 Å². The van der Waals surface area contributed by atoms with Crippen LogP contribution in [-0.4, -0.2) is 19.9 Å². The van der Waals surface area contributed by atoms with Gasteiger partial charge in [0.05, 0.1) is 43.9 Å². The summed E-state index contributed by atoms with van der Waals surface area (Å²) in [6.07, 6.45) is 9.21. The van der Waals surface area contributed by atoms with Gasteiger partial charge in [0.1, 0.15) is 0 Å². The Labute approximate surface area is 260 Å². The van der Waals surface area contributed by atoms with E-state index in [1.807, 2.05) is 0 Å². The van der Waals surface area contributed by atoms with E-state index in [2.05, 4.69) is 77.5 Å². The van der Waals surface area contributed by atoms with Crippen molar-refractivity contribution >= 4 is 68.1 Å². The molecule has 2 aliphatic rings. The van der Waals surface area contributed by atoms with Crippen LogP contribution < -0.4 is 0 Å². The number of nitrogens with one attached hydrogen (secondary N) is 2. The van der Waals surface area contributed by atoms with Gasteiger partial charge in [0, 0.05) is 16.6 Å². The molecule has 4 nitrogen and oxygen atoms in total. The Balaban J connectivity index is 2.14. The average Bonchev–Trinajstić information content (AvgIpc) is 3.77. The molecule has 222 valence electrons. The number of rotatable bonds is 8. The fourth-order valence-electron chi connectivity index (χ4n) is 7.09. The van der Waals surface area contributed by atoms with Gasteiger partial charge in [-0.05, 0) is 102 Å². The monoisotopic (exact) mass is 602 g/mol. The van der Waals surface area contributed by atoms with Crippen molar-refractivity contribution in [3.63, 3.8) is 0 Å². The van der Waals surface area contributed by atoms with E-state index in [1.54, 1.807) is 0 Å². The van der Waals surface area contributed by atoms with Gasteiger partial charge in [-0.2, -0.15) is 0 Å². The maximum absolute atomic E-state index is 7.40. The van der Waals surface area contributed by atoms with Gasteiger partial charge in [-0.1, -0.05) is 78.6 Å². The molecule has 0 spiro atoms. The van der Waals surface area contributed by atoms with Gasteiger partial charge in [0.15, 0.2) is 0 Å². The number of hydrogen-bond acceptors (Lipinski definition) is 2. The molecular weight excluding hydrogens is 559 g/mol. The first-order chi connectivity index (χ1) is 20.3. The Morgan fingerprint density at radius 1 is 0.524 bits per heavy atom. The summed E-state index contributed by atoms with van der Waals surface area (Å²) in [5, 5.41) is 1.40. The number of H-pyrrole nitrogens is 2. The van der Waals surface area contributed by atoms with Crippen LogP contribution in [0.25, 0.3) is 44.9 Å². The Kier molecular flexibility index (Phi) is 9.06. The zero-order valence-electron chi connectivity index (χ0n) is 26.5. The molecule has 8 bridgehead atoms. The fraction of sp³-hybridized carbons (Fsp3) is 0.444. The van der Waals surface area contributed by atoms with Crippen LogP contribution in [0.15, 0.2) is 6.07 Å². The molecule has 2 N–H and O–H groups in total. The van der Waals surface area contributed by atoms with Crippen LogP contribution in [0, 0.1) is 0 Å². The molecule has 5 heterocycles. The second kappa shape index (κ2) is 12.4. The van der Waals surface area contributed by atoms with E-state index in [4.69, 9.17) is 33.2 Å². The van der Waals surface area contributed by atoms with E-state index in [0.717, 1.165) is 102 Å². The van der Waals surface area contributed by atoms with Gasteiger partial charge in [0.2, 0.25) is 0 Å². The zero-order valence-corrected chi connectivity index (χ0v) is 28.0. The summed E-state index contributed by atoms with van der Waals surface area (Å²) >= 11 is 14.7. The summed E-state index contributed by atoms with van der Waals surface area (Å²) < 4.78 is 0. The van der Waals surface area contributed by atoms with E-state index in [9.17, 15) is 0 Å². The molecule has 0 aromatic carbocycles. The van der Waals surface area contributed by atoms with Crippen molar-refractivity contribution < 1.29 is 0 Å². The van der Waals surface area contributed by atoms with Gasteiger partial charge in [-0.15, -0.1) is 0 Å². The van der Waals surface area contributed by atoms with Crippen molar-refractivity contribution in [2.24, 2.45) is 0 Å². The Morgan fingerprint density at radius 3 is 1.62 bits per heavy atom. The number of aryl methyl sites for hydroxylation is 5. The normalized spacial score (nSPS) is 13.3. The van der Waals surface area contributed by atoms with Crippen LogP contribution in [0.3, 0.4) is 0 Å². The number of halogens is 2. The summed E-state index contributed by atoms with van der Waals surface area (Å²) in [6, 6.07) is 2.16. The lowest BCUT2D eigenvalue weighted by Crippen LogP contribution is -1.95. The molecule has 3 aromatic heterocycles. The molecule has 0 saturated heterocycles. The number of allylic oxidation sites excluding steroid dienone is 3. The molecule has 42 heavy (non-hydrogen) atoms. The SMILES string of the molecule is CCC1=Cc2cc3[nH]c(c(Cl)c4nc(c(CC)c5[nH]c(c(Cl)c1n2)c(CC)c5CC)C(CC)=C4CC)c(CC)c3CC. The highest BCUT2D eigenvalue weighted by atomic mass is 35.5. The largest absolute Gasteiger partial charge is 0.354 e. The summed E-state index contributed by atoms with van der Waals surface area (Å²) in [5.41, 5.74) is 17.9. The predicted molar refractivity (Wildman–Crippen MR) is 183 cm³/mol. The lowest BCUT2D eigenvalue weighted by molar-refractivity contribution is 1.05. The first kappa shape index (κ1) is 30.6. The van der Waals surface area contributed by atoms with Crippen molar-refractivity contribution in [3.8, 4) is 0 Å². The number of aromatic amines is 2. The Morgan fingerprint density at radius 2 is 1.05 bits per heavy atom. The minimum atomic E-state index is 0.696. The van der Waals surface area contributed by atoms with Crippen molar-refractivity contribution in [1.82, 2.24) is 19.9 Å². The Hall–Kier alpha value is -2.82. The third-order valence-corrected chi connectivity index (χ3v) is 9.82. The minimum absolute atomic E-state index is 0.696. The van der Waals surface area contributed by atoms with Crippen LogP contribution in [0.4, 0.5) is 0 Å². The molecule has 0 amide bonds. The molecule has 0 radical (unpaired) electrons. The molecule has 3 aromatic rings. The van der Waals surface area contributed by atoms with Gasteiger partial charge in [-0.3, -0.25) is 0 Å². The molecule has 0 fully saturated rings. The van der Waals surface area contributed by atoms with Crippen molar-refractivity contribution in [2.75, 3.05) is 0 Å². The lowest BCUT2D eigenvalue weighted by atomic mass is 9.95. The van der Waals surface area contributed by atoms with E-state index < -0.39 is 0 Å². The van der Waals surface area contributed by atoms with Gasteiger partial charge < -0.3 is 9.97 Å². The summed E-state index contributed by atoms with van der Waals surface area (Å²) in [4.78, 5) is 18.1. The average molecular weight is 604 g/mol. The summed E-state index contributed by atoms with van der Waals surface area (Å²) in [6.45, 7) is 17.7. The molecule has 0 atom stereocenters. The van der Waals surface area contributed by atoms with E-state index in [-0.39, 0.29) is 0 Å². The number of nitrogens with zero attached hydrogens (tertiary/aromatic N) is 2. The maximum atomic E-state index is 7.40. The number of hydrogen-bond donors (Lipinski definition) is 2. The summed E-state index contributed by atoms with van der Waals surface area (Å²) in [5.74, 6) is 0. The minimum Gasteiger partial charge on any atom is -0.354 e. The van der Waals surface area contributed by atoms with Gasteiger partial charge in [-0.25, -0.2) is 9.97 Å². The van der Waals surface area contributed by atoms with E-state index in [0.29, 0.717) is 10.0 Å². The van der Waals surface area contributed by atoms with Crippen LogP contribution in [0.1, 0.15) is 125 Å². The van der Waals surface area contributed by atoms with E-state index >= 15 is 0 Å². The first-order valence-electron chi connectivity index (χ1n) is 15.9. The second-order valence-corrected chi connectivity index (χ2v) is 11.9. The first-order valence-corrected chi connectivity index (χ1v) is 16.7. The van der Waals surface area contributed by atoms with Crippen molar-refractivity contribution in [1.29, 1.82) is 0 Å². The fourth-order valence-corrected chi connectivity index (χ4v) is 7.74. The quantitative estimate of drug-likeness (QED) is 0.269. The lowest BCUT2D eigenvalue weighted by Gasteiger charge is -2.08. The van der Waals surface area contributed by atoms with Crippen LogP contribution in [-0.2, 0) is 32.1 Å². The Bertz CT molecular complexity index is 1780. The molecule has 0 saturated carbocycles. The van der Waals surface area contributed by atoms with Crippen LogP contribution >= 0.6 is 23.2 Å². The molecule has 2 aliphatic heterocycles. The second-order valence-electron chi connectivity index (χ2n) is 11.1. The van der Waals surface area contributed by atoms with E-state index in [1.165, 1.54) is 39.0 Å². The zero-order chi connectivity index (χ0) is 30.3. The third-order valence-electron chi connectivity index (χ3n) is 9.09. The van der Waals surface area contributed by atoms with Crippen molar-refractivity contribution in [2.45, 2.75) is 107 Å². The molecule has 0 aliphatic carbocycles. The number of aromatic nitrogens is 4. The molecule has 0 unspecified atom stereocenters. The topological polar surface area (TPSA) is 57.4 Å². The van der Waals surface area contributed by atoms with Crippen LogP contribution in [0.2, 0.25) is 10.0 Å². The van der Waals surface area contributed by atoms with Crippen molar-refractivity contribution in [3.05, 3.63) is 66.7 Å². The van der Waals surface area contributed by atoms with Gasteiger partial charge in [0.25, 0.3) is 0 Å². The maximum Gasteiger partial charge on any atom is 0.0903 e. The standard InChI is InChI=1S/C36H44Cl2N4/c1-9-19-17-20-18-28-21(10-2)22(11-3)34(40-28)30(38)36-26(15-7)24(13-5)33(42-36)27(16-8)32-23(12-4)25(14-6)35(41-32)29(37)31(19)39-20/h17-18,40-41H,9-16H2,1-8H3. The smallest absolute Gasteiger partial charge is 0.0903 e. The third kappa shape index (κ3) is 4.75. The predicted octanol–water partition coefficient (Wildman–Crippen LogP) is 11.1. The molecule has 6 heteroatoms. The molecule has 5 rings (SSSR count). The summed E-state index contributed by atoms with van der Waals surface area (Å²) in [7, 11) is 0. The molecular formula is C36H44Cl2N4. The number of fused-ring (bicyclic) bond motifs is 8.